The average molecular weight is 344 g/mol. The van der Waals surface area contributed by atoms with Crippen molar-refractivity contribution in [3.63, 3.8) is 0 Å². The molecule has 1 N–H and O–H groups in total. The molecule has 0 fully saturated rings. The molecule has 4 heteroatoms. The van der Waals surface area contributed by atoms with Crippen LogP contribution in [0.25, 0.3) is 0 Å². The molecule has 116 valence electrons. The van der Waals surface area contributed by atoms with Crippen LogP contribution in [0.15, 0.2) is 4.47 Å². The first kappa shape index (κ1) is 17.7. The Balaban J connectivity index is 3.07. The van der Waals surface area contributed by atoms with Crippen molar-refractivity contribution in [1.29, 1.82) is 0 Å². The Morgan fingerprint density at radius 2 is 1.95 bits per heavy atom. The minimum absolute atomic E-state index is 0.247. The summed E-state index contributed by atoms with van der Waals surface area (Å²) >= 11 is 3.77. The molecule has 0 aromatic carbocycles. The Kier molecular flexibility index (Phi) is 6.73. The smallest absolute Gasteiger partial charge is 0.0766 e. The van der Waals surface area contributed by atoms with Crippen LogP contribution in [-0.2, 0) is 19.4 Å². The lowest BCUT2D eigenvalue weighted by molar-refractivity contribution is 0.203. The highest BCUT2D eigenvalue weighted by molar-refractivity contribution is 9.10. The summed E-state index contributed by atoms with van der Waals surface area (Å²) in [5.74, 6) is 0.624. The van der Waals surface area contributed by atoms with E-state index in [1.54, 1.807) is 0 Å². The van der Waals surface area contributed by atoms with Crippen molar-refractivity contribution in [3.8, 4) is 0 Å². The number of hydrogen-bond donors (Lipinski definition) is 1. The van der Waals surface area contributed by atoms with Gasteiger partial charge in [0.2, 0.25) is 0 Å². The topological polar surface area (TPSA) is 29.9 Å². The van der Waals surface area contributed by atoms with Crippen LogP contribution < -0.4 is 5.32 Å². The summed E-state index contributed by atoms with van der Waals surface area (Å²) < 4.78 is 3.38. The van der Waals surface area contributed by atoms with Crippen LogP contribution >= 0.6 is 15.9 Å². The zero-order valence-electron chi connectivity index (χ0n) is 13.9. The summed E-state index contributed by atoms with van der Waals surface area (Å²) in [5, 5.41) is 8.24. The second-order valence-electron chi connectivity index (χ2n) is 6.14. The molecule has 0 aliphatic heterocycles. The molecule has 1 unspecified atom stereocenters. The van der Waals surface area contributed by atoms with E-state index in [1.807, 2.05) is 0 Å². The molecule has 1 aromatic heterocycles. The van der Waals surface area contributed by atoms with Crippen molar-refractivity contribution in [2.24, 2.45) is 11.3 Å². The van der Waals surface area contributed by atoms with Crippen molar-refractivity contribution in [2.45, 2.75) is 60.9 Å². The van der Waals surface area contributed by atoms with Crippen molar-refractivity contribution < 1.29 is 0 Å². The fourth-order valence-corrected chi connectivity index (χ4v) is 3.15. The molecule has 0 aliphatic rings. The first-order chi connectivity index (χ1) is 9.39. The molecule has 0 amide bonds. The van der Waals surface area contributed by atoms with E-state index in [2.05, 4.69) is 67.5 Å². The molecule has 0 saturated heterocycles. The van der Waals surface area contributed by atoms with Gasteiger partial charge in [-0.05, 0) is 53.6 Å². The Hall–Kier alpha value is -0.350. The maximum atomic E-state index is 4.72. The summed E-state index contributed by atoms with van der Waals surface area (Å²) in [6, 6.07) is 0. The van der Waals surface area contributed by atoms with Gasteiger partial charge in [-0.3, -0.25) is 4.68 Å². The van der Waals surface area contributed by atoms with Crippen LogP contribution in [0.4, 0.5) is 0 Å². The molecule has 0 aliphatic carbocycles. The zero-order chi connectivity index (χ0) is 15.3. The molecule has 1 heterocycles. The highest BCUT2D eigenvalue weighted by Crippen LogP contribution is 2.34. The van der Waals surface area contributed by atoms with Crippen LogP contribution in [0.5, 0.6) is 0 Å². The van der Waals surface area contributed by atoms with Gasteiger partial charge in [-0.25, -0.2) is 0 Å². The summed E-state index contributed by atoms with van der Waals surface area (Å²) in [5.41, 5.74) is 2.77. The van der Waals surface area contributed by atoms with Gasteiger partial charge in [-0.1, -0.05) is 34.6 Å². The van der Waals surface area contributed by atoms with Gasteiger partial charge in [0, 0.05) is 13.1 Å². The van der Waals surface area contributed by atoms with Crippen LogP contribution in [0.3, 0.4) is 0 Å². The molecule has 1 rings (SSSR count). The lowest BCUT2D eigenvalue weighted by atomic mass is 9.75. The van der Waals surface area contributed by atoms with Crippen molar-refractivity contribution in [2.75, 3.05) is 13.1 Å². The summed E-state index contributed by atoms with van der Waals surface area (Å²) in [6.07, 6.45) is 2.03. The van der Waals surface area contributed by atoms with E-state index in [9.17, 15) is 0 Å². The van der Waals surface area contributed by atoms with Gasteiger partial charge < -0.3 is 5.32 Å². The summed E-state index contributed by atoms with van der Waals surface area (Å²) in [4.78, 5) is 0. The number of aromatic nitrogens is 2. The van der Waals surface area contributed by atoms with Crippen LogP contribution in [-0.4, -0.2) is 22.9 Å². The predicted octanol–water partition coefficient (Wildman–Crippen LogP) is 4.04. The van der Waals surface area contributed by atoms with Crippen molar-refractivity contribution >= 4 is 15.9 Å². The molecule has 0 radical (unpaired) electrons. The van der Waals surface area contributed by atoms with Gasteiger partial charge in [0.15, 0.2) is 0 Å². The van der Waals surface area contributed by atoms with E-state index >= 15 is 0 Å². The number of halogens is 1. The largest absolute Gasteiger partial charge is 0.316 e. The minimum atomic E-state index is 0.247. The molecule has 0 saturated carbocycles. The van der Waals surface area contributed by atoms with E-state index in [1.165, 1.54) is 15.9 Å². The van der Waals surface area contributed by atoms with E-state index in [0.29, 0.717) is 5.92 Å². The van der Waals surface area contributed by atoms with Gasteiger partial charge in [-0.15, -0.1) is 0 Å². The first-order valence-corrected chi connectivity index (χ1v) is 8.63. The Morgan fingerprint density at radius 3 is 2.40 bits per heavy atom. The van der Waals surface area contributed by atoms with Crippen LogP contribution in [0.2, 0.25) is 0 Å². The van der Waals surface area contributed by atoms with Gasteiger partial charge in [0.25, 0.3) is 0 Å². The van der Waals surface area contributed by atoms with Crippen LogP contribution in [0.1, 0.15) is 52.9 Å². The fourth-order valence-electron chi connectivity index (χ4n) is 2.45. The Morgan fingerprint density at radius 1 is 1.30 bits per heavy atom. The number of rotatable bonds is 8. The second kappa shape index (κ2) is 7.60. The molecule has 0 spiro atoms. The van der Waals surface area contributed by atoms with Gasteiger partial charge in [-0.2, -0.15) is 5.10 Å². The monoisotopic (exact) mass is 343 g/mol. The highest BCUT2D eigenvalue weighted by Gasteiger charge is 2.31. The SMILES string of the molecule is CCNCC(C)(Cc1c(Br)c(CC)nn1CC)C(C)C. The summed E-state index contributed by atoms with van der Waals surface area (Å²) in [6.45, 7) is 16.5. The third kappa shape index (κ3) is 3.85. The molecule has 1 aromatic rings. The minimum Gasteiger partial charge on any atom is -0.316 e. The lowest BCUT2D eigenvalue weighted by Gasteiger charge is -2.34. The molecule has 0 bridgehead atoms. The third-order valence-electron chi connectivity index (χ3n) is 4.44. The number of aryl methyl sites for hydroxylation is 2. The summed E-state index contributed by atoms with van der Waals surface area (Å²) in [7, 11) is 0. The van der Waals surface area contributed by atoms with Gasteiger partial charge >= 0.3 is 0 Å². The Bertz CT molecular complexity index is 426. The molecular weight excluding hydrogens is 314 g/mol. The standard InChI is InChI=1S/C16H30BrN3/c1-7-13-15(17)14(20(9-3)19-13)10-16(6,12(4)5)11-18-8-2/h12,18H,7-11H2,1-6H3. The van der Waals surface area contributed by atoms with Gasteiger partial charge in [0.1, 0.15) is 0 Å². The number of nitrogens with one attached hydrogen (secondary N) is 1. The maximum Gasteiger partial charge on any atom is 0.0766 e. The second-order valence-corrected chi connectivity index (χ2v) is 6.94. The van der Waals surface area contributed by atoms with Crippen LogP contribution in [0, 0.1) is 11.3 Å². The van der Waals surface area contributed by atoms with E-state index in [-0.39, 0.29) is 5.41 Å². The van der Waals surface area contributed by atoms with E-state index in [0.717, 1.165) is 32.5 Å². The molecule has 20 heavy (non-hydrogen) atoms. The first-order valence-electron chi connectivity index (χ1n) is 7.84. The zero-order valence-corrected chi connectivity index (χ0v) is 15.5. The van der Waals surface area contributed by atoms with Crippen molar-refractivity contribution in [1.82, 2.24) is 15.1 Å². The highest BCUT2D eigenvalue weighted by atomic mass is 79.9. The van der Waals surface area contributed by atoms with Crippen molar-refractivity contribution in [3.05, 3.63) is 15.9 Å². The van der Waals surface area contributed by atoms with E-state index in [4.69, 9.17) is 5.10 Å². The predicted molar refractivity (Wildman–Crippen MR) is 90.2 cm³/mol. The maximum absolute atomic E-state index is 4.72. The normalized spacial score (nSPS) is 14.8. The Labute approximate surface area is 132 Å². The third-order valence-corrected chi connectivity index (χ3v) is 5.35. The molecular formula is C16H30BrN3. The molecule has 1 atom stereocenters. The van der Waals surface area contributed by atoms with E-state index < -0.39 is 0 Å². The number of nitrogens with zero attached hydrogens (tertiary/aromatic N) is 2. The van der Waals surface area contributed by atoms with Gasteiger partial charge in [0.05, 0.1) is 15.9 Å². The number of hydrogen-bond acceptors (Lipinski definition) is 2. The quantitative estimate of drug-likeness (QED) is 0.771. The fraction of sp³-hybridized carbons (Fsp3) is 0.812. The average Bonchev–Trinajstić information content (AvgIpc) is 2.72. The lowest BCUT2D eigenvalue weighted by Crippen LogP contribution is -2.38. The molecule has 3 nitrogen and oxygen atoms in total.